The van der Waals surface area contributed by atoms with Crippen LogP contribution in [0.25, 0.3) is 0 Å². The molecule has 1 aliphatic rings. The first-order chi connectivity index (χ1) is 10.1. The highest BCUT2D eigenvalue weighted by Gasteiger charge is 2.40. The van der Waals surface area contributed by atoms with Crippen LogP contribution in [0.4, 0.5) is 5.69 Å². The van der Waals surface area contributed by atoms with Gasteiger partial charge in [0.15, 0.2) is 6.29 Å². The summed E-state index contributed by atoms with van der Waals surface area (Å²) in [5.41, 5.74) is 0.816. The second kappa shape index (κ2) is 5.52. The van der Waals surface area contributed by atoms with Crippen molar-refractivity contribution in [2.24, 2.45) is 10.8 Å². The van der Waals surface area contributed by atoms with E-state index in [0.29, 0.717) is 12.0 Å². The third-order valence-electron chi connectivity index (χ3n) is 4.50. The third kappa shape index (κ3) is 3.23. The maximum absolute atomic E-state index is 12.7. The van der Waals surface area contributed by atoms with Crippen LogP contribution in [-0.4, -0.2) is 30.2 Å². The fourth-order valence-corrected chi connectivity index (χ4v) is 4.16. The van der Waals surface area contributed by atoms with Crippen LogP contribution >= 0.6 is 0 Å². The van der Waals surface area contributed by atoms with E-state index in [9.17, 15) is 9.59 Å². The van der Waals surface area contributed by atoms with Crippen molar-refractivity contribution in [2.75, 3.05) is 19.0 Å². The Morgan fingerprint density at radius 1 is 1.23 bits per heavy atom. The van der Waals surface area contributed by atoms with Gasteiger partial charge in [-0.1, -0.05) is 27.7 Å². The van der Waals surface area contributed by atoms with Crippen molar-refractivity contribution < 1.29 is 4.79 Å². The van der Waals surface area contributed by atoms with Crippen LogP contribution < -0.4 is 10.5 Å². The Morgan fingerprint density at radius 2 is 1.77 bits per heavy atom. The summed E-state index contributed by atoms with van der Waals surface area (Å²) < 4.78 is 1.53. The molecule has 5 nitrogen and oxygen atoms in total. The Bertz CT molecular complexity index is 613. The number of nitrogens with zero attached hydrogens (tertiary/aromatic N) is 3. The molecule has 0 aliphatic heterocycles. The van der Waals surface area contributed by atoms with Gasteiger partial charge in [-0.2, -0.15) is 5.10 Å². The first kappa shape index (κ1) is 16.7. The SMILES string of the molecule is CN(C)c1cnn(C2CC(C)(C)CC(C)(C)C2)c(=O)c1C=O. The van der Waals surface area contributed by atoms with Gasteiger partial charge in [-0.3, -0.25) is 9.59 Å². The van der Waals surface area contributed by atoms with Crippen molar-refractivity contribution >= 4 is 12.0 Å². The van der Waals surface area contributed by atoms with Gasteiger partial charge in [0.1, 0.15) is 5.56 Å². The Hall–Kier alpha value is -1.65. The summed E-state index contributed by atoms with van der Waals surface area (Å²) in [6.07, 6.45) is 5.21. The number of aromatic nitrogens is 2. The molecule has 0 spiro atoms. The van der Waals surface area contributed by atoms with E-state index in [2.05, 4.69) is 32.8 Å². The second-order valence-corrected chi connectivity index (χ2v) is 8.27. The molecule has 0 N–H and O–H groups in total. The van der Waals surface area contributed by atoms with E-state index in [0.717, 1.165) is 19.3 Å². The highest BCUT2D eigenvalue weighted by molar-refractivity contribution is 5.83. The quantitative estimate of drug-likeness (QED) is 0.806. The lowest BCUT2D eigenvalue weighted by Gasteiger charge is -2.45. The number of aldehydes is 1. The number of carbonyl (C=O) groups excluding carboxylic acids is 1. The van der Waals surface area contributed by atoms with E-state index in [1.165, 1.54) is 4.68 Å². The summed E-state index contributed by atoms with van der Waals surface area (Å²) in [7, 11) is 3.61. The molecule has 2 rings (SSSR count). The maximum atomic E-state index is 12.7. The zero-order valence-electron chi connectivity index (χ0n) is 14.5. The molecule has 5 heteroatoms. The first-order valence-corrected chi connectivity index (χ1v) is 7.81. The Labute approximate surface area is 132 Å². The van der Waals surface area contributed by atoms with Crippen LogP contribution in [0.2, 0.25) is 0 Å². The fourth-order valence-electron chi connectivity index (χ4n) is 4.16. The smallest absolute Gasteiger partial charge is 0.279 e. The van der Waals surface area contributed by atoms with Crippen LogP contribution in [0, 0.1) is 10.8 Å². The average Bonchev–Trinajstić information content (AvgIpc) is 2.34. The molecule has 1 aliphatic carbocycles. The number of rotatable bonds is 3. The van der Waals surface area contributed by atoms with Crippen LogP contribution in [-0.2, 0) is 0 Å². The maximum Gasteiger partial charge on any atom is 0.279 e. The molecular weight excluding hydrogens is 278 g/mol. The van der Waals surface area contributed by atoms with Gasteiger partial charge in [0.25, 0.3) is 5.56 Å². The predicted octanol–water partition coefficient (Wildman–Crippen LogP) is 2.90. The molecule has 122 valence electrons. The van der Waals surface area contributed by atoms with Crippen LogP contribution in [0.3, 0.4) is 0 Å². The molecule has 0 bridgehead atoms. The normalized spacial score (nSPS) is 20.6. The van der Waals surface area contributed by atoms with Gasteiger partial charge in [-0.25, -0.2) is 4.68 Å². The summed E-state index contributed by atoms with van der Waals surface area (Å²) in [5.74, 6) is 0. The molecule has 0 atom stereocenters. The van der Waals surface area contributed by atoms with Crippen LogP contribution in [0.15, 0.2) is 11.0 Å². The van der Waals surface area contributed by atoms with Gasteiger partial charge >= 0.3 is 0 Å². The van der Waals surface area contributed by atoms with Crippen molar-refractivity contribution in [3.63, 3.8) is 0 Å². The summed E-state index contributed by atoms with van der Waals surface area (Å²) in [6.45, 7) is 8.95. The number of hydrogen-bond acceptors (Lipinski definition) is 4. The summed E-state index contributed by atoms with van der Waals surface area (Å²) >= 11 is 0. The average molecular weight is 305 g/mol. The van der Waals surface area contributed by atoms with E-state index in [4.69, 9.17) is 0 Å². The monoisotopic (exact) mass is 305 g/mol. The van der Waals surface area contributed by atoms with Crippen molar-refractivity contribution in [1.82, 2.24) is 9.78 Å². The largest absolute Gasteiger partial charge is 0.376 e. The standard InChI is InChI=1S/C17H27N3O2/c1-16(2)7-12(8-17(3,4)11-16)20-15(22)13(10-21)14(9-18-20)19(5)6/h9-10,12H,7-8,11H2,1-6H3. The summed E-state index contributed by atoms with van der Waals surface area (Å²) in [6, 6.07) is 0.0427. The van der Waals surface area contributed by atoms with Gasteiger partial charge in [0.05, 0.1) is 17.9 Å². The van der Waals surface area contributed by atoms with E-state index in [-0.39, 0.29) is 28.0 Å². The molecular formula is C17H27N3O2. The van der Waals surface area contributed by atoms with Crippen molar-refractivity contribution in [1.29, 1.82) is 0 Å². The topological polar surface area (TPSA) is 55.2 Å². The highest BCUT2D eigenvalue weighted by Crippen LogP contribution is 2.49. The molecule has 1 aromatic heterocycles. The first-order valence-electron chi connectivity index (χ1n) is 7.81. The molecule has 0 unspecified atom stereocenters. The van der Waals surface area contributed by atoms with Crippen molar-refractivity contribution in [2.45, 2.75) is 53.0 Å². The molecule has 0 radical (unpaired) electrons. The van der Waals surface area contributed by atoms with Gasteiger partial charge in [0.2, 0.25) is 0 Å². The lowest BCUT2D eigenvalue weighted by atomic mass is 9.63. The van der Waals surface area contributed by atoms with E-state index in [1.54, 1.807) is 25.2 Å². The van der Waals surface area contributed by atoms with Crippen molar-refractivity contribution in [3.05, 3.63) is 22.1 Å². The summed E-state index contributed by atoms with van der Waals surface area (Å²) in [5, 5.41) is 4.37. The Kier molecular flexibility index (Phi) is 4.20. The Balaban J connectivity index is 2.49. The molecule has 1 heterocycles. The molecule has 0 saturated heterocycles. The van der Waals surface area contributed by atoms with Crippen LogP contribution in [0.5, 0.6) is 0 Å². The molecule has 0 amide bonds. The molecule has 1 aromatic rings. The van der Waals surface area contributed by atoms with E-state index < -0.39 is 0 Å². The molecule has 1 fully saturated rings. The molecule has 22 heavy (non-hydrogen) atoms. The second-order valence-electron chi connectivity index (χ2n) is 8.27. The van der Waals surface area contributed by atoms with Gasteiger partial charge in [-0.05, 0) is 30.1 Å². The van der Waals surface area contributed by atoms with Crippen LogP contribution in [0.1, 0.15) is 63.4 Å². The lowest BCUT2D eigenvalue weighted by Crippen LogP contribution is -2.40. The minimum atomic E-state index is -0.278. The van der Waals surface area contributed by atoms with Gasteiger partial charge in [0, 0.05) is 14.1 Å². The minimum Gasteiger partial charge on any atom is -0.376 e. The highest BCUT2D eigenvalue weighted by atomic mass is 16.1. The summed E-state index contributed by atoms with van der Waals surface area (Å²) in [4.78, 5) is 25.8. The Morgan fingerprint density at radius 3 is 2.23 bits per heavy atom. The minimum absolute atomic E-state index is 0.0427. The number of anilines is 1. The van der Waals surface area contributed by atoms with E-state index >= 15 is 0 Å². The number of carbonyl (C=O) groups is 1. The van der Waals surface area contributed by atoms with Crippen molar-refractivity contribution in [3.8, 4) is 0 Å². The number of hydrogen-bond donors (Lipinski definition) is 0. The molecule has 1 saturated carbocycles. The zero-order valence-corrected chi connectivity index (χ0v) is 14.5. The lowest BCUT2D eigenvalue weighted by molar-refractivity contribution is 0.0650. The zero-order chi connectivity index (χ0) is 16.7. The van der Waals surface area contributed by atoms with Gasteiger partial charge < -0.3 is 4.90 Å². The fraction of sp³-hybridized carbons (Fsp3) is 0.706. The molecule has 0 aromatic carbocycles. The predicted molar refractivity (Wildman–Crippen MR) is 88.7 cm³/mol. The third-order valence-corrected chi connectivity index (χ3v) is 4.50. The van der Waals surface area contributed by atoms with E-state index in [1.807, 2.05) is 0 Å². The van der Waals surface area contributed by atoms with Gasteiger partial charge in [-0.15, -0.1) is 0 Å².